The molecule has 1 unspecified atom stereocenters. The van der Waals surface area contributed by atoms with E-state index in [9.17, 15) is 4.79 Å². The molecular formula is C11H18N4OS. The fourth-order valence-corrected chi connectivity index (χ4v) is 1.62. The summed E-state index contributed by atoms with van der Waals surface area (Å²) >= 11 is 4.94. The highest BCUT2D eigenvalue weighted by molar-refractivity contribution is 7.80. The molecule has 1 aromatic rings. The van der Waals surface area contributed by atoms with Gasteiger partial charge in [0, 0.05) is 25.4 Å². The molecule has 1 aromatic heterocycles. The van der Waals surface area contributed by atoms with Crippen molar-refractivity contribution in [3.63, 3.8) is 0 Å². The number of aromatic nitrogens is 2. The van der Waals surface area contributed by atoms with Gasteiger partial charge in [-0.3, -0.25) is 9.48 Å². The van der Waals surface area contributed by atoms with Crippen LogP contribution in [0.1, 0.15) is 25.8 Å². The van der Waals surface area contributed by atoms with Crippen molar-refractivity contribution in [2.24, 2.45) is 18.2 Å². The minimum absolute atomic E-state index is 0.142. The van der Waals surface area contributed by atoms with Gasteiger partial charge in [0.05, 0.1) is 16.6 Å². The summed E-state index contributed by atoms with van der Waals surface area (Å²) in [6.07, 6.45) is 4.15. The van der Waals surface area contributed by atoms with Crippen LogP contribution in [0, 0.1) is 5.41 Å². The molecule has 0 fully saturated rings. The van der Waals surface area contributed by atoms with Crippen LogP contribution in [0.2, 0.25) is 0 Å². The summed E-state index contributed by atoms with van der Waals surface area (Å²) in [5.74, 6) is -0.142. The van der Waals surface area contributed by atoms with Gasteiger partial charge in [0.15, 0.2) is 0 Å². The van der Waals surface area contributed by atoms with E-state index in [0.29, 0.717) is 13.0 Å². The molecule has 6 heteroatoms. The lowest BCUT2D eigenvalue weighted by Gasteiger charge is -2.25. The molecule has 0 aliphatic rings. The van der Waals surface area contributed by atoms with Gasteiger partial charge in [-0.25, -0.2) is 0 Å². The quantitative estimate of drug-likeness (QED) is 0.760. The van der Waals surface area contributed by atoms with Crippen molar-refractivity contribution in [3.8, 4) is 0 Å². The maximum Gasteiger partial charge on any atom is 0.233 e. The lowest BCUT2D eigenvalue weighted by Crippen LogP contribution is -2.46. The first-order valence-electron chi connectivity index (χ1n) is 5.46. The third-order valence-corrected chi connectivity index (χ3v) is 3.41. The van der Waals surface area contributed by atoms with Crippen LogP contribution in [0.3, 0.4) is 0 Å². The van der Waals surface area contributed by atoms with Gasteiger partial charge >= 0.3 is 0 Å². The van der Waals surface area contributed by atoms with Gasteiger partial charge in [-0.1, -0.05) is 19.1 Å². The number of amides is 1. The smallest absolute Gasteiger partial charge is 0.233 e. The maximum atomic E-state index is 12.0. The molecule has 3 N–H and O–H groups in total. The lowest BCUT2D eigenvalue weighted by atomic mass is 9.86. The number of aryl methyl sites for hydroxylation is 1. The summed E-state index contributed by atoms with van der Waals surface area (Å²) in [6, 6.07) is 0. The Kier molecular flexibility index (Phi) is 4.22. The molecule has 0 bridgehead atoms. The van der Waals surface area contributed by atoms with Gasteiger partial charge in [-0.05, 0) is 13.3 Å². The fourth-order valence-electron chi connectivity index (χ4n) is 1.39. The second kappa shape index (κ2) is 5.27. The number of nitrogens with two attached hydrogens (primary N) is 1. The molecule has 0 spiro atoms. The first-order chi connectivity index (χ1) is 7.90. The predicted octanol–water partition coefficient (Wildman–Crippen LogP) is 0.739. The second-order valence-electron chi connectivity index (χ2n) is 4.25. The third-order valence-electron chi connectivity index (χ3n) is 2.96. The number of carbonyl (C=O) groups is 1. The van der Waals surface area contributed by atoms with Crippen molar-refractivity contribution in [2.45, 2.75) is 26.8 Å². The molecule has 1 rings (SSSR count). The zero-order valence-corrected chi connectivity index (χ0v) is 11.2. The topological polar surface area (TPSA) is 72.9 Å². The number of hydrogen-bond donors (Lipinski definition) is 2. The van der Waals surface area contributed by atoms with Crippen LogP contribution < -0.4 is 11.1 Å². The first-order valence-corrected chi connectivity index (χ1v) is 5.86. The Morgan fingerprint density at radius 3 is 2.76 bits per heavy atom. The number of nitrogens with one attached hydrogen (secondary N) is 1. The average molecular weight is 254 g/mol. The summed E-state index contributed by atoms with van der Waals surface area (Å²) in [4.78, 5) is 12.2. The van der Waals surface area contributed by atoms with Crippen LogP contribution in [0.5, 0.6) is 0 Å². The van der Waals surface area contributed by atoms with Crippen molar-refractivity contribution in [1.29, 1.82) is 0 Å². The van der Waals surface area contributed by atoms with Gasteiger partial charge in [0.25, 0.3) is 0 Å². The normalized spacial score (nSPS) is 14.1. The van der Waals surface area contributed by atoms with E-state index in [4.69, 9.17) is 18.0 Å². The van der Waals surface area contributed by atoms with Crippen molar-refractivity contribution in [1.82, 2.24) is 15.1 Å². The van der Waals surface area contributed by atoms with Gasteiger partial charge in [0.2, 0.25) is 5.91 Å². The molecule has 1 amide bonds. The van der Waals surface area contributed by atoms with Crippen molar-refractivity contribution < 1.29 is 4.79 Å². The van der Waals surface area contributed by atoms with Crippen LogP contribution in [-0.4, -0.2) is 20.7 Å². The summed E-state index contributed by atoms with van der Waals surface area (Å²) in [5.41, 5.74) is 5.78. The fraction of sp³-hybridized carbons (Fsp3) is 0.545. The number of thiocarbonyl (C=S) groups is 1. The van der Waals surface area contributed by atoms with E-state index < -0.39 is 5.41 Å². The van der Waals surface area contributed by atoms with Crippen LogP contribution in [0.4, 0.5) is 0 Å². The van der Waals surface area contributed by atoms with Crippen LogP contribution in [0.15, 0.2) is 12.4 Å². The number of rotatable bonds is 5. The number of hydrogen-bond acceptors (Lipinski definition) is 3. The molecule has 1 heterocycles. The van der Waals surface area contributed by atoms with Gasteiger partial charge in [-0.15, -0.1) is 0 Å². The molecule has 94 valence electrons. The Labute approximate surface area is 106 Å². The monoisotopic (exact) mass is 254 g/mol. The van der Waals surface area contributed by atoms with Gasteiger partial charge < -0.3 is 11.1 Å². The molecular weight excluding hydrogens is 236 g/mol. The second-order valence-corrected chi connectivity index (χ2v) is 4.69. The molecule has 0 aliphatic carbocycles. The molecule has 0 aromatic carbocycles. The largest absolute Gasteiger partial charge is 0.392 e. The highest BCUT2D eigenvalue weighted by atomic mass is 32.1. The summed E-state index contributed by atoms with van der Waals surface area (Å²) in [5, 5.41) is 6.85. The Morgan fingerprint density at radius 1 is 1.71 bits per heavy atom. The lowest BCUT2D eigenvalue weighted by molar-refractivity contribution is -0.127. The summed E-state index contributed by atoms with van der Waals surface area (Å²) in [6.45, 7) is 4.08. The maximum absolute atomic E-state index is 12.0. The van der Waals surface area contributed by atoms with Crippen molar-refractivity contribution in [2.75, 3.05) is 0 Å². The van der Waals surface area contributed by atoms with E-state index in [1.165, 1.54) is 0 Å². The van der Waals surface area contributed by atoms with Crippen LogP contribution >= 0.6 is 12.2 Å². The van der Waals surface area contributed by atoms with Crippen LogP contribution in [-0.2, 0) is 18.4 Å². The molecule has 1 atom stereocenters. The summed E-state index contributed by atoms with van der Waals surface area (Å²) < 4.78 is 1.69. The van der Waals surface area contributed by atoms with E-state index in [1.807, 2.05) is 20.2 Å². The molecule has 17 heavy (non-hydrogen) atoms. The Balaban J connectivity index is 2.63. The number of nitrogens with zero attached hydrogens (tertiary/aromatic N) is 2. The van der Waals surface area contributed by atoms with E-state index in [0.717, 1.165) is 5.56 Å². The molecule has 5 nitrogen and oxygen atoms in total. The molecule has 0 saturated carbocycles. The van der Waals surface area contributed by atoms with Crippen molar-refractivity contribution >= 4 is 23.1 Å². The Bertz CT molecular complexity index is 429. The van der Waals surface area contributed by atoms with Gasteiger partial charge in [-0.2, -0.15) is 5.10 Å². The summed E-state index contributed by atoms with van der Waals surface area (Å²) in [7, 11) is 1.83. The third kappa shape index (κ3) is 3.03. The first kappa shape index (κ1) is 13.6. The van der Waals surface area contributed by atoms with E-state index >= 15 is 0 Å². The molecule has 0 radical (unpaired) electrons. The number of carbonyl (C=O) groups excluding carboxylic acids is 1. The highest BCUT2D eigenvalue weighted by Gasteiger charge is 2.34. The zero-order valence-electron chi connectivity index (χ0n) is 10.4. The van der Waals surface area contributed by atoms with E-state index in [2.05, 4.69) is 10.4 Å². The standard InChI is InChI=1S/C11H18N4OS/c1-4-11(2,9(12)17)10(16)13-5-8-6-14-15(3)7-8/h6-7H,4-5H2,1-3H3,(H2,12,17)(H,13,16). The average Bonchev–Trinajstić information content (AvgIpc) is 2.70. The van der Waals surface area contributed by atoms with Crippen LogP contribution in [0.25, 0.3) is 0 Å². The zero-order chi connectivity index (χ0) is 13.1. The Morgan fingerprint density at radius 2 is 2.35 bits per heavy atom. The van der Waals surface area contributed by atoms with E-state index in [-0.39, 0.29) is 10.9 Å². The van der Waals surface area contributed by atoms with Crippen molar-refractivity contribution in [3.05, 3.63) is 18.0 Å². The minimum atomic E-state index is -0.780. The van der Waals surface area contributed by atoms with Gasteiger partial charge in [0.1, 0.15) is 0 Å². The Hall–Kier alpha value is -1.43. The minimum Gasteiger partial charge on any atom is -0.392 e. The highest BCUT2D eigenvalue weighted by Crippen LogP contribution is 2.21. The molecule has 0 saturated heterocycles. The van der Waals surface area contributed by atoms with E-state index in [1.54, 1.807) is 17.8 Å². The SMILES string of the molecule is CCC(C)(C(=O)NCc1cnn(C)c1)C(N)=S. The molecule has 0 aliphatic heterocycles. The predicted molar refractivity (Wildman–Crippen MR) is 70.2 cm³/mol.